The summed E-state index contributed by atoms with van der Waals surface area (Å²) in [6, 6.07) is -2.18. The Labute approximate surface area is 105 Å². The maximum absolute atomic E-state index is 11.7. The molecule has 0 aromatic rings. The second-order valence-corrected chi connectivity index (χ2v) is 3.60. The van der Waals surface area contributed by atoms with Crippen LogP contribution in [-0.2, 0) is 14.3 Å². The Hall–Kier alpha value is -1.83. The normalized spacial score (nSPS) is 13.3. The molecule has 0 aromatic heterocycles. The van der Waals surface area contributed by atoms with Gasteiger partial charge in [-0.05, 0) is 13.8 Å². The van der Waals surface area contributed by atoms with Crippen LogP contribution in [0.15, 0.2) is 0 Å². The van der Waals surface area contributed by atoms with Gasteiger partial charge in [-0.2, -0.15) is 0 Å². The number of urea groups is 1. The summed E-state index contributed by atoms with van der Waals surface area (Å²) in [4.78, 5) is 34.6. The van der Waals surface area contributed by atoms with Gasteiger partial charge in [0.2, 0.25) is 0 Å². The number of aliphatic hydroxyl groups excluding tert-OH is 1. The molecule has 0 aliphatic carbocycles. The van der Waals surface area contributed by atoms with Gasteiger partial charge < -0.3 is 25.2 Å². The van der Waals surface area contributed by atoms with Crippen LogP contribution in [0.2, 0.25) is 0 Å². The van der Waals surface area contributed by atoms with E-state index >= 15 is 0 Å². The molecule has 0 radical (unpaired) electrons. The largest absolute Gasteiger partial charge is 0.480 e. The molecule has 8 nitrogen and oxygen atoms in total. The van der Waals surface area contributed by atoms with E-state index in [0.29, 0.717) is 0 Å². The Balaban J connectivity index is 4.60. The molecule has 0 saturated carbocycles. The van der Waals surface area contributed by atoms with Crippen molar-refractivity contribution in [2.75, 3.05) is 20.2 Å². The molecule has 0 heterocycles. The smallest absolute Gasteiger partial charge is 0.328 e. The van der Waals surface area contributed by atoms with Gasteiger partial charge in [0.1, 0.15) is 6.54 Å². The van der Waals surface area contributed by atoms with Crippen molar-refractivity contribution in [2.24, 2.45) is 0 Å². The summed E-state index contributed by atoms with van der Waals surface area (Å²) in [5, 5.41) is 20.1. The number of aliphatic carboxylic acids is 1. The van der Waals surface area contributed by atoms with E-state index < -0.39 is 30.1 Å². The van der Waals surface area contributed by atoms with Gasteiger partial charge in [0.25, 0.3) is 0 Å². The number of carbonyl (C=O) groups is 3. The number of likely N-dealkylation sites (N-methyl/N-ethyl adjacent to an activating group) is 1. The quantitative estimate of drug-likeness (QED) is 0.530. The van der Waals surface area contributed by atoms with Crippen LogP contribution in [0.3, 0.4) is 0 Å². The lowest BCUT2D eigenvalue weighted by atomic mass is 10.2. The molecule has 0 bridgehead atoms. The fourth-order valence-electron chi connectivity index (χ4n) is 1.16. The predicted molar refractivity (Wildman–Crippen MR) is 60.9 cm³/mol. The van der Waals surface area contributed by atoms with Crippen molar-refractivity contribution in [1.82, 2.24) is 10.2 Å². The van der Waals surface area contributed by atoms with E-state index in [-0.39, 0.29) is 13.1 Å². The first kappa shape index (κ1) is 16.2. The van der Waals surface area contributed by atoms with Crippen LogP contribution in [-0.4, -0.2) is 65.4 Å². The molecule has 0 aromatic carbocycles. The summed E-state index contributed by atoms with van der Waals surface area (Å²) in [5.41, 5.74) is 0. The van der Waals surface area contributed by atoms with Gasteiger partial charge in [-0.1, -0.05) is 0 Å². The highest BCUT2D eigenvalue weighted by molar-refractivity contribution is 5.85. The van der Waals surface area contributed by atoms with Crippen LogP contribution < -0.4 is 5.32 Å². The van der Waals surface area contributed by atoms with Crippen LogP contribution in [0.4, 0.5) is 4.79 Å². The number of carboxylic acids is 1. The van der Waals surface area contributed by atoms with Crippen LogP contribution in [0.25, 0.3) is 0 Å². The van der Waals surface area contributed by atoms with Gasteiger partial charge in [0.05, 0.1) is 13.2 Å². The highest BCUT2D eigenvalue weighted by Gasteiger charge is 2.27. The average molecular weight is 262 g/mol. The molecule has 0 aliphatic rings. The van der Waals surface area contributed by atoms with Crippen LogP contribution >= 0.6 is 0 Å². The second kappa shape index (κ2) is 7.49. The highest BCUT2D eigenvalue weighted by atomic mass is 16.5. The molecule has 3 N–H and O–H groups in total. The molecule has 0 fully saturated rings. The number of carboxylic acid groups (broad SMARTS) is 1. The van der Waals surface area contributed by atoms with Crippen molar-refractivity contribution < 1.29 is 29.3 Å². The minimum Gasteiger partial charge on any atom is -0.480 e. The zero-order valence-electron chi connectivity index (χ0n) is 10.5. The summed E-state index contributed by atoms with van der Waals surface area (Å²) in [7, 11) is 1.18. The van der Waals surface area contributed by atoms with Crippen molar-refractivity contribution in [2.45, 2.75) is 26.0 Å². The van der Waals surface area contributed by atoms with Crippen molar-refractivity contribution in [3.05, 3.63) is 0 Å². The standard InChI is InChI=1S/C10H18N2O6/c1-4-12(5-7(14)18-3)10(17)11-8(6(2)13)9(15)16/h6,8,13H,4-5H2,1-3H3,(H,11,17)(H,15,16)/t6-,8+/m1/s1. The summed E-state index contributed by atoms with van der Waals surface area (Å²) in [6.45, 7) is 2.79. The third-order valence-electron chi connectivity index (χ3n) is 2.24. The van der Waals surface area contributed by atoms with Crippen molar-refractivity contribution in [3.8, 4) is 0 Å². The van der Waals surface area contributed by atoms with Gasteiger partial charge >= 0.3 is 18.0 Å². The van der Waals surface area contributed by atoms with Gasteiger partial charge in [-0.25, -0.2) is 9.59 Å². The number of methoxy groups -OCH3 is 1. The fraction of sp³-hybridized carbons (Fsp3) is 0.700. The minimum atomic E-state index is -1.43. The lowest BCUT2D eigenvalue weighted by Gasteiger charge is -2.24. The number of carbonyl (C=O) groups excluding carboxylic acids is 2. The van der Waals surface area contributed by atoms with E-state index in [0.717, 1.165) is 4.90 Å². The van der Waals surface area contributed by atoms with Gasteiger partial charge in [-0.15, -0.1) is 0 Å². The molecule has 0 aliphatic heterocycles. The number of ether oxygens (including phenoxy) is 1. The van der Waals surface area contributed by atoms with E-state index in [1.54, 1.807) is 6.92 Å². The topological polar surface area (TPSA) is 116 Å². The van der Waals surface area contributed by atoms with Crippen molar-refractivity contribution in [1.29, 1.82) is 0 Å². The van der Waals surface area contributed by atoms with E-state index in [2.05, 4.69) is 10.1 Å². The molecule has 18 heavy (non-hydrogen) atoms. The molecule has 0 spiro atoms. The van der Waals surface area contributed by atoms with Gasteiger partial charge in [-0.3, -0.25) is 4.79 Å². The summed E-state index contributed by atoms with van der Waals surface area (Å²) >= 11 is 0. The second-order valence-electron chi connectivity index (χ2n) is 3.60. The number of amides is 2. The van der Waals surface area contributed by atoms with E-state index in [9.17, 15) is 19.5 Å². The molecule has 2 atom stereocenters. The number of hydrogen-bond donors (Lipinski definition) is 3. The van der Waals surface area contributed by atoms with Crippen LogP contribution in [0.5, 0.6) is 0 Å². The maximum Gasteiger partial charge on any atom is 0.328 e. The van der Waals surface area contributed by atoms with Crippen molar-refractivity contribution in [3.63, 3.8) is 0 Å². The first-order valence-corrected chi connectivity index (χ1v) is 5.36. The number of nitrogens with zero attached hydrogens (tertiary/aromatic N) is 1. The van der Waals surface area contributed by atoms with Crippen LogP contribution in [0, 0.1) is 0 Å². The predicted octanol–water partition coefficient (Wildman–Crippen LogP) is -0.975. The van der Waals surface area contributed by atoms with Gasteiger partial charge in [0.15, 0.2) is 6.04 Å². The average Bonchev–Trinajstić information content (AvgIpc) is 2.31. The summed E-state index contributed by atoms with van der Waals surface area (Å²) in [6.07, 6.45) is -1.25. The first-order valence-electron chi connectivity index (χ1n) is 5.36. The van der Waals surface area contributed by atoms with Crippen LogP contribution in [0.1, 0.15) is 13.8 Å². The maximum atomic E-state index is 11.7. The number of esters is 1. The summed E-state index contributed by atoms with van der Waals surface area (Å²) in [5.74, 6) is -1.97. The number of aliphatic hydroxyl groups is 1. The Morgan fingerprint density at radius 3 is 2.28 bits per heavy atom. The molecule has 0 unspecified atom stereocenters. The first-order chi connectivity index (χ1) is 8.33. The molecule has 8 heteroatoms. The zero-order valence-corrected chi connectivity index (χ0v) is 10.5. The minimum absolute atomic E-state index is 0.201. The third kappa shape index (κ3) is 5.00. The molecular formula is C10H18N2O6. The zero-order chi connectivity index (χ0) is 14.3. The highest BCUT2D eigenvalue weighted by Crippen LogP contribution is 1.97. The molecular weight excluding hydrogens is 244 g/mol. The third-order valence-corrected chi connectivity index (χ3v) is 2.24. The fourth-order valence-corrected chi connectivity index (χ4v) is 1.16. The summed E-state index contributed by atoms with van der Waals surface area (Å²) < 4.78 is 4.41. The van der Waals surface area contributed by atoms with E-state index in [1.165, 1.54) is 14.0 Å². The Morgan fingerprint density at radius 2 is 1.94 bits per heavy atom. The van der Waals surface area contributed by atoms with Crippen molar-refractivity contribution >= 4 is 18.0 Å². The monoisotopic (exact) mass is 262 g/mol. The van der Waals surface area contributed by atoms with E-state index in [1.807, 2.05) is 0 Å². The molecule has 0 saturated heterocycles. The number of rotatable bonds is 6. The Morgan fingerprint density at radius 1 is 1.39 bits per heavy atom. The Bertz CT molecular complexity index is 317. The molecule has 104 valence electrons. The number of hydrogen-bond acceptors (Lipinski definition) is 5. The molecule has 2 amide bonds. The van der Waals surface area contributed by atoms with Gasteiger partial charge in [0, 0.05) is 6.54 Å². The molecule has 0 rings (SSSR count). The lowest BCUT2D eigenvalue weighted by molar-refractivity contribution is -0.141. The SMILES string of the molecule is CCN(CC(=O)OC)C(=O)N[C@H](C(=O)O)[C@@H](C)O. The van der Waals surface area contributed by atoms with E-state index in [4.69, 9.17) is 5.11 Å². The Kier molecular flexibility index (Phi) is 6.73. The number of nitrogens with one attached hydrogen (secondary N) is 1. The lowest BCUT2D eigenvalue weighted by Crippen LogP contribution is -2.53.